The van der Waals surface area contributed by atoms with Gasteiger partial charge in [-0.1, -0.05) is 33.3 Å². The van der Waals surface area contributed by atoms with Crippen molar-refractivity contribution < 1.29 is 19.6 Å². The normalized spacial score (nSPS) is 10.8. The monoisotopic (exact) mass is 415 g/mol. The molecule has 0 aliphatic rings. The highest BCUT2D eigenvalue weighted by Crippen LogP contribution is 2.31. The Bertz CT molecular complexity index is 850. The molecule has 1 aromatic carbocycles. The number of carbonyl (C=O) groups is 1. The van der Waals surface area contributed by atoms with Crippen LogP contribution in [0.15, 0.2) is 36.5 Å². The summed E-state index contributed by atoms with van der Waals surface area (Å²) in [5.41, 5.74) is 6.85. The Labute approximate surface area is 179 Å². The number of nitrogens with zero attached hydrogens (tertiary/aromatic N) is 1. The zero-order valence-corrected chi connectivity index (χ0v) is 18.7. The number of allylic oxidation sites excluding steroid dienone is 1. The van der Waals surface area contributed by atoms with Crippen molar-refractivity contribution >= 4 is 17.3 Å². The lowest BCUT2D eigenvalue weighted by atomic mass is 9.93. The minimum atomic E-state index is -0.176. The van der Waals surface area contributed by atoms with Crippen LogP contribution >= 0.6 is 0 Å². The number of hydrogen-bond donors (Lipinski definition) is 3. The second-order valence-electron chi connectivity index (χ2n) is 6.39. The number of benzene rings is 1. The third-order valence-corrected chi connectivity index (χ3v) is 4.04. The summed E-state index contributed by atoms with van der Waals surface area (Å²) in [4.78, 5) is 25.8. The van der Waals surface area contributed by atoms with Gasteiger partial charge in [-0.25, -0.2) is 4.98 Å². The number of amides is 1. The maximum absolute atomic E-state index is 11.4. The highest BCUT2D eigenvalue weighted by atomic mass is 16.9. The second kappa shape index (κ2) is 13.5. The SMILES string of the molecule is CC.CCC/C=C(/c1cc(CO)cc(ONOC)c1)c1cc(NC(C)=O)ncc1C. The number of pyridine rings is 1. The molecule has 0 atom stereocenters. The average molecular weight is 416 g/mol. The molecule has 3 N–H and O–H groups in total. The topological polar surface area (TPSA) is 92.7 Å². The highest BCUT2D eigenvalue weighted by Gasteiger charge is 2.13. The molecule has 164 valence electrons. The number of aromatic nitrogens is 1. The summed E-state index contributed by atoms with van der Waals surface area (Å²) in [6.45, 7) is 9.41. The molecule has 0 unspecified atom stereocenters. The Morgan fingerprint density at radius 2 is 1.97 bits per heavy atom. The lowest BCUT2D eigenvalue weighted by Crippen LogP contribution is -2.16. The smallest absolute Gasteiger partial charge is 0.222 e. The van der Waals surface area contributed by atoms with Crippen molar-refractivity contribution in [3.8, 4) is 5.75 Å². The average Bonchev–Trinajstić information content (AvgIpc) is 2.75. The highest BCUT2D eigenvalue weighted by molar-refractivity contribution is 5.89. The Kier molecular flexibility index (Phi) is 11.4. The van der Waals surface area contributed by atoms with Crippen molar-refractivity contribution in [1.29, 1.82) is 0 Å². The van der Waals surface area contributed by atoms with Crippen LogP contribution in [0.25, 0.3) is 5.57 Å². The molecule has 0 saturated heterocycles. The molecule has 0 fully saturated rings. The second-order valence-corrected chi connectivity index (χ2v) is 6.39. The van der Waals surface area contributed by atoms with Gasteiger partial charge in [0.1, 0.15) is 5.82 Å². The molecule has 0 aliphatic heterocycles. The van der Waals surface area contributed by atoms with Crippen molar-refractivity contribution in [3.05, 3.63) is 58.8 Å². The van der Waals surface area contributed by atoms with Crippen LogP contribution < -0.4 is 15.8 Å². The molecule has 0 spiro atoms. The van der Waals surface area contributed by atoms with E-state index in [4.69, 9.17) is 9.68 Å². The zero-order valence-electron chi connectivity index (χ0n) is 18.7. The van der Waals surface area contributed by atoms with Gasteiger partial charge in [-0.15, -0.1) is 0 Å². The Morgan fingerprint density at radius 3 is 2.57 bits per heavy atom. The van der Waals surface area contributed by atoms with Crippen molar-refractivity contribution in [2.45, 2.75) is 54.1 Å². The fourth-order valence-electron chi connectivity index (χ4n) is 2.79. The van der Waals surface area contributed by atoms with Crippen LogP contribution in [0.2, 0.25) is 0 Å². The van der Waals surface area contributed by atoms with Gasteiger partial charge in [0.2, 0.25) is 5.91 Å². The first kappa shape index (κ1) is 25.3. The van der Waals surface area contributed by atoms with Crippen LogP contribution in [0.5, 0.6) is 5.75 Å². The van der Waals surface area contributed by atoms with Crippen LogP contribution in [0.1, 0.15) is 62.8 Å². The molecule has 0 bridgehead atoms. The van der Waals surface area contributed by atoms with Gasteiger partial charge in [0, 0.05) is 13.1 Å². The van der Waals surface area contributed by atoms with Crippen LogP contribution in [-0.2, 0) is 16.2 Å². The minimum absolute atomic E-state index is 0.120. The summed E-state index contributed by atoms with van der Waals surface area (Å²) >= 11 is 0. The molecule has 2 rings (SSSR count). The van der Waals surface area contributed by atoms with E-state index in [-0.39, 0.29) is 12.5 Å². The first-order chi connectivity index (χ1) is 14.5. The van der Waals surface area contributed by atoms with E-state index >= 15 is 0 Å². The van der Waals surface area contributed by atoms with Gasteiger partial charge in [0.25, 0.3) is 0 Å². The quantitative estimate of drug-likeness (QED) is 0.521. The van der Waals surface area contributed by atoms with Crippen molar-refractivity contribution in [2.75, 3.05) is 12.4 Å². The molecule has 7 heteroatoms. The maximum atomic E-state index is 11.4. The number of unbranched alkanes of at least 4 members (excludes halogenated alkanes) is 1. The van der Waals surface area contributed by atoms with Crippen LogP contribution in [0.3, 0.4) is 0 Å². The first-order valence-corrected chi connectivity index (χ1v) is 10.1. The lowest BCUT2D eigenvalue weighted by Gasteiger charge is -2.16. The summed E-state index contributed by atoms with van der Waals surface area (Å²) in [6, 6.07) is 7.37. The van der Waals surface area contributed by atoms with Crippen molar-refractivity contribution in [3.63, 3.8) is 0 Å². The number of anilines is 1. The summed E-state index contributed by atoms with van der Waals surface area (Å²) in [7, 11) is 1.45. The van der Waals surface area contributed by atoms with E-state index in [0.29, 0.717) is 17.1 Å². The fraction of sp³-hybridized carbons (Fsp3) is 0.391. The van der Waals surface area contributed by atoms with Crippen LogP contribution in [0, 0.1) is 6.92 Å². The number of aliphatic hydroxyl groups excluding tert-OH is 1. The van der Waals surface area contributed by atoms with E-state index in [2.05, 4.69) is 28.9 Å². The maximum Gasteiger partial charge on any atom is 0.222 e. The fourth-order valence-corrected chi connectivity index (χ4v) is 2.79. The van der Waals surface area contributed by atoms with E-state index < -0.39 is 0 Å². The summed E-state index contributed by atoms with van der Waals surface area (Å²) in [5.74, 6) is 0.830. The van der Waals surface area contributed by atoms with E-state index in [1.807, 2.05) is 39.0 Å². The number of carbonyl (C=O) groups excluding carboxylic acids is 1. The molecule has 1 aromatic heterocycles. The molecular formula is C23H33N3O4. The van der Waals surface area contributed by atoms with Crippen LogP contribution in [0.4, 0.5) is 5.82 Å². The summed E-state index contributed by atoms with van der Waals surface area (Å²) in [6.07, 6.45) is 5.74. The van der Waals surface area contributed by atoms with Gasteiger partial charge >= 0.3 is 0 Å². The van der Waals surface area contributed by atoms with E-state index in [1.165, 1.54) is 14.0 Å². The van der Waals surface area contributed by atoms with Gasteiger partial charge in [0.15, 0.2) is 5.75 Å². The molecule has 0 saturated carbocycles. The Hall–Kier alpha value is -2.74. The van der Waals surface area contributed by atoms with Crippen molar-refractivity contribution in [1.82, 2.24) is 10.6 Å². The third kappa shape index (κ3) is 7.59. The molecule has 7 nitrogen and oxygen atoms in total. The molecular weight excluding hydrogens is 382 g/mol. The molecule has 1 amide bonds. The first-order valence-electron chi connectivity index (χ1n) is 10.1. The number of rotatable bonds is 9. The predicted molar refractivity (Wildman–Crippen MR) is 120 cm³/mol. The standard InChI is InChI=1S/C21H27N3O4.C2H6/c1-5-6-7-19(20-11-21(23-15(3)26)22-12-14(20)2)17-8-16(13-25)9-18(10-17)28-24-27-4;1-2/h7-12,24-25H,5-6,13H2,1-4H3,(H,22,23,26);1-2H3/b19-7-;. The van der Waals surface area contributed by atoms with Crippen molar-refractivity contribution in [2.24, 2.45) is 0 Å². The van der Waals surface area contributed by atoms with Gasteiger partial charge in [-0.3, -0.25) is 9.63 Å². The van der Waals surface area contributed by atoms with E-state index in [9.17, 15) is 9.90 Å². The van der Waals surface area contributed by atoms with Crippen LogP contribution in [-0.4, -0.2) is 23.1 Å². The largest absolute Gasteiger partial charge is 0.392 e. The minimum Gasteiger partial charge on any atom is -0.392 e. The Morgan fingerprint density at radius 1 is 1.23 bits per heavy atom. The van der Waals surface area contributed by atoms with Gasteiger partial charge < -0.3 is 15.3 Å². The molecule has 2 aromatic rings. The number of hydrogen-bond acceptors (Lipinski definition) is 6. The summed E-state index contributed by atoms with van der Waals surface area (Å²) in [5, 5.41) is 12.4. The number of nitrogens with one attached hydrogen (secondary N) is 2. The number of aliphatic hydroxyl groups is 1. The summed E-state index contributed by atoms with van der Waals surface area (Å²) < 4.78 is 0. The van der Waals surface area contributed by atoms with Gasteiger partial charge in [-0.05, 0) is 71.1 Å². The molecule has 30 heavy (non-hydrogen) atoms. The Balaban J connectivity index is 0.00000218. The molecule has 1 heterocycles. The lowest BCUT2D eigenvalue weighted by molar-refractivity contribution is -0.114. The zero-order chi connectivity index (χ0) is 22.5. The molecule has 0 radical (unpaired) electrons. The van der Waals surface area contributed by atoms with Gasteiger partial charge in [0.05, 0.1) is 13.7 Å². The van der Waals surface area contributed by atoms with E-state index in [0.717, 1.165) is 35.1 Å². The van der Waals surface area contributed by atoms with E-state index in [1.54, 1.807) is 12.3 Å². The molecule has 0 aliphatic carbocycles. The predicted octanol–water partition coefficient (Wildman–Crippen LogP) is 4.54. The van der Waals surface area contributed by atoms with Gasteiger partial charge in [-0.2, -0.15) is 0 Å². The third-order valence-electron chi connectivity index (χ3n) is 4.04. The number of aryl methyl sites for hydroxylation is 1.